The van der Waals surface area contributed by atoms with Crippen LogP contribution in [0.3, 0.4) is 0 Å². The van der Waals surface area contributed by atoms with Gasteiger partial charge in [0.05, 0.1) is 18.3 Å². The van der Waals surface area contributed by atoms with Crippen molar-refractivity contribution in [3.05, 3.63) is 12.2 Å². The number of hydrogen-bond donors (Lipinski definition) is 4. The van der Waals surface area contributed by atoms with Crippen molar-refractivity contribution in [3.8, 4) is 0 Å². The third kappa shape index (κ3) is 26.6. The van der Waals surface area contributed by atoms with E-state index in [4.69, 9.17) is 9.47 Å². The largest absolute Gasteiger partial charge is 0.463 e. The van der Waals surface area contributed by atoms with E-state index >= 15 is 0 Å². The van der Waals surface area contributed by atoms with Gasteiger partial charge < -0.3 is 29.9 Å². The van der Waals surface area contributed by atoms with Gasteiger partial charge in [0.25, 0.3) is 0 Å². The molecule has 53 heavy (non-hydrogen) atoms. The van der Waals surface area contributed by atoms with Crippen molar-refractivity contribution in [2.24, 2.45) is 17.8 Å². The van der Waals surface area contributed by atoms with Gasteiger partial charge in [-0.15, -0.1) is 0 Å². The second kappa shape index (κ2) is 32.4. The van der Waals surface area contributed by atoms with Crippen molar-refractivity contribution in [2.75, 3.05) is 13.2 Å². The first-order valence-electron chi connectivity index (χ1n) is 21.8. The van der Waals surface area contributed by atoms with E-state index in [0.29, 0.717) is 25.7 Å². The molecule has 1 fully saturated rings. The van der Waals surface area contributed by atoms with Gasteiger partial charge in [0.1, 0.15) is 25.1 Å². The Balaban J connectivity index is 2.01. The fraction of sp³-hybridized carbons (Fsp3) is 0.886. The van der Waals surface area contributed by atoms with E-state index < -0.39 is 36.3 Å². The topological polar surface area (TPSA) is 151 Å². The number of ketones is 1. The van der Waals surface area contributed by atoms with Crippen LogP contribution in [0.25, 0.3) is 0 Å². The van der Waals surface area contributed by atoms with Gasteiger partial charge >= 0.3 is 11.9 Å². The Morgan fingerprint density at radius 3 is 1.64 bits per heavy atom. The molecule has 0 aromatic rings. The predicted molar refractivity (Wildman–Crippen MR) is 212 cm³/mol. The maximum absolute atomic E-state index is 12.7. The molecule has 4 N–H and O–H groups in total. The average molecular weight is 753 g/mol. The molecule has 0 radical (unpaired) electrons. The van der Waals surface area contributed by atoms with Gasteiger partial charge in [-0.2, -0.15) is 0 Å². The minimum Gasteiger partial charge on any atom is -0.463 e. The standard InChI is InChI=1S/C44H80O9/c1-4-6-19-25-36(45)29-30-39-40(42(49)32-41(39)48)31-37(46)26-22-23-28-44(51)53-34-38(47)33-52-43(50)27-21-18-16-14-12-10-8-7-9-11-13-15-17-20-24-35(3)5-2/h29-30,35-36,38-42,45,47-49H,4-28,31-34H2,1-3H3/b30-29+/t35?,36-,38+,39+,40+,41+,42-/m0/s1. The first kappa shape index (κ1) is 49.2. The van der Waals surface area contributed by atoms with Crippen molar-refractivity contribution in [1.29, 1.82) is 0 Å². The number of hydrogen-bond acceptors (Lipinski definition) is 9. The van der Waals surface area contributed by atoms with E-state index in [9.17, 15) is 34.8 Å². The molecule has 1 aliphatic rings. The summed E-state index contributed by atoms with van der Waals surface area (Å²) in [5, 5.41) is 41.1. The molecule has 0 aromatic heterocycles. The minimum atomic E-state index is -1.09. The van der Waals surface area contributed by atoms with Gasteiger partial charge in [0.2, 0.25) is 0 Å². The van der Waals surface area contributed by atoms with Gasteiger partial charge in [-0.3, -0.25) is 14.4 Å². The van der Waals surface area contributed by atoms with Crippen LogP contribution in [0.1, 0.15) is 194 Å². The molecule has 0 heterocycles. The Hall–Kier alpha value is -1.81. The van der Waals surface area contributed by atoms with Gasteiger partial charge in [-0.1, -0.05) is 148 Å². The molecule has 0 bridgehead atoms. The molecule has 7 atom stereocenters. The van der Waals surface area contributed by atoms with Crippen LogP contribution in [0.15, 0.2) is 12.2 Å². The smallest absolute Gasteiger partial charge is 0.305 e. The first-order valence-corrected chi connectivity index (χ1v) is 21.8. The van der Waals surface area contributed by atoms with Crippen LogP contribution < -0.4 is 0 Å². The predicted octanol–water partition coefficient (Wildman–Crippen LogP) is 9.10. The Bertz CT molecular complexity index is 953. The SMILES string of the molecule is CCCCC[C@H](O)/C=C/[C@@H]1[C@@H](CC(=O)CCCCC(=O)OC[C@H](O)COC(=O)CCCCCCCCCCCCCCCCC(C)CC)[C@@H](O)C[C@H]1O. The molecule has 1 rings (SSSR count). The molecule has 0 spiro atoms. The fourth-order valence-electron chi connectivity index (χ4n) is 7.24. The van der Waals surface area contributed by atoms with Crippen molar-refractivity contribution in [3.63, 3.8) is 0 Å². The molecule has 9 heteroatoms. The normalized spacial score (nSPS) is 20.4. The highest BCUT2D eigenvalue weighted by molar-refractivity contribution is 5.79. The number of aliphatic hydroxyl groups excluding tert-OH is 4. The van der Waals surface area contributed by atoms with Crippen LogP contribution in [0.4, 0.5) is 0 Å². The number of Topliss-reactive ketones (excluding diaryl/α,β-unsaturated/α-hetero) is 1. The van der Waals surface area contributed by atoms with E-state index in [1.165, 1.54) is 83.5 Å². The highest BCUT2D eigenvalue weighted by atomic mass is 16.6. The number of aliphatic hydroxyl groups is 4. The molecule has 1 unspecified atom stereocenters. The third-order valence-corrected chi connectivity index (χ3v) is 11.0. The van der Waals surface area contributed by atoms with Gasteiger partial charge in [0, 0.05) is 43.9 Å². The van der Waals surface area contributed by atoms with Crippen LogP contribution in [-0.4, -0.2) is 75.8 Å². The second-order valence-electron chi connectivity index (χ2n) is 16.0. The molecule has 9 nitrogen and oxygen atoms in total. The lowest BCUT2D eigenvalue weighted by molar-refractivity contribution is -0.152. The van der Waals surface area contributed by atoms with Crippen molar-refractivity contribution in [1.82, 2.24) is 0 Å². The van der Waals surface area contributed by atoms with Gasteiger partial charge in [-0.05, 0) is 31.6 Å². The van der Waals surface area contributed by atoms with Crippen LogP contribution in [0.5, 0.6) is 0 Å². The first-order chi connectivity index (χ1) is 25.6. The number of unbranched alkanes of at least 4 members (excludes halogenated alkanes) is 16. The number of ether oxygens (including phenoxy) is 2. The zero-order chi connectivity index (χ0) is 39.1. The summed E-state index contributed by atoms with van der Waals surface area (Å²) >= 11 is 0. The molecule has 0 aliphatic heterocycles. The molecule has 310 valence electrons. The fourth-order valence-corrected chi connectivity index (χ4v) is 7.24. The highest BCUT2D eigenvalue weighted by Gasteiger charge is 2.41. The van der Waals surface area contributed by atoms with Crippen molar-refractivity contribution < 1.29 is 44.3 Å². The maximum atomic E-state index is 12.7. The summed E-state index contributed by atoms with van der Waals surface area (Å²) in [7, 11) is 0. The molecule has 0 saturated heterocycles. The van der Waals surface area contributed by atoms with E-state index in [1.54, 1.807) is 12.2 Å². The van der Waals surface area contributed by atoms with Gasteiger partial charge in [0.15, 0.2) is 0 Å². The lowest BCUT2D eigenvalue weighted by atomic mass is 9.87. The zero-order valence-corrected chi connectivity index (χ0v) is 34.0. The molecular formula is C44H80O9. The number of carbonyl (C=O) groups excluding carboxylic acids is 3. The quantitative estimate of drug-likeness (QED) is 0.0282. The molecular weight excluding hydrogens is 672 g/mol. The lowest BCUT2D eigenvalue weighted by Gasteiger charge is -2.20. The Labute approximate surface area is 323 Å². The summed E-state index contributed by atoms with van der Waals surface area (Å²) < 4.78 is 10.3. The van der Waals surface area contributed by atoms with Gasteiger partial charge in [-0.25, -0.2) is 0 Å². The van der Waals surface area contributed by atoms with Crippen LogP contribution >= 0.6 is 0 Å². The molecule has 1 aliphatic carbocycles. The third-order valence-electron chi connectivity index (χ3n) is 11.0. The summed E-state index contributed by atoms with van der Waals surface area (Å²) in [4.78, 5) is 36.8. The summed E-state index contributed by atoms with van der Waals surface area (Å²) in [6.07, 6.45) is 26.1. The van der Waals surface area contributed by atoms with Crippen molar-refractivity contribution in [2.45, 2.75) is 219 Å². The van der Waals surface area contributed by atoms with E-state index in [-0.39, 0.29) is 56.6 Å². The van der Waals surface area contributed by atoms with E-state index in [0.717, 1.165) is 44.4 Å². The van der Waals surface area contributed by atoms with E-state index in [2.05, 4.69) is 20.8 Å². The van der Waals surface area contributed by atoms with Crippen LogP contribution in [-0.2, 0) is 23.9 Å². The summed E-state index contributed by atoms with van der Waals surface area (Å²) in [6.45, 7) is 6.27. The Morgan fingerprint density at radius 2 is 1.11 bits per heavy atom. The van der Waals surface area contributed by atoms with Crippen LogP contribution in [0.2, 0.25) is 0 Å². The molecule has 0 amide bonds. The average Bonchev–Trinajstić information content (AvgIpc) is 3.40. The van der Waals surface area contributed by atoms with E-state index in [1.807, 2.05) is 0 Å². The second-order valence-corrected chi connectivity index (χ2v) is 16.0. The number of rotatable bonds is 35. The Morgan fingerprint density at radius 1 is 0.642 bits per heavy atom. The monoisotopic (exact) mass is 753 g/mol. The maximum Gasteiger partial charge on any atom is 0.305 e. The molecule has 0 aromatic carbocycles. The number of esters is 2. The number of carbonyl (C=O) groups is 3. The Kier molecular flexibility index (Phi) is 30.1. The minimum absolute atomic E-state index is 0.0414. The summed E-state index contributed by atoms with van der Waals surface area (Å²) in [5.41, 5.74) is 0. The molecule has 1 saturated carbocycles. The summed E-state index contributed by atoms with van der Waals surface area (Å²) in [6, 6.07) is 0. The lowest BCUT2D eigenvalue weighted by Crippen LogP contribution is -2.25. The summed E-state index contributed by atoms with van der Waals surface area (Å²) in [5.74, 6) is -0.783. The van der Waals surface area contributed by atoms with Crippen LogP contribution in [0, 0.1) is 17.8 Å². The highest BCUT2D eigenvalue weighted by Crippen LogP contribution is 2.36. The van der Waals surface area contributed by atoms with Crippen molar-refractivity contribution >= 4 is 17.7 Å². The zero-order valence-electron chi connectivity index (χ0n) is 34.0.